The molecule has 2 heteroatoms. The van der Waals surface area contributed by atoms with E-state index in [1.807, 2.05) is 6.92 Å². The molecule has 70 valence electrons. The molecule has 1 N–H and O–H groups in total. The van der Waals surface area contributed by atoms with Gasteiger partial charge < -0.3 is 5.11 Å². The Hall–Kier alpha value is -0.340. The number of benzene rings is 1. The first-order valence-electron chi connectivity index (χ1n) is 4.55. The van der Waals surface area contributed by atoms with E-state index in [9.17, 15) is 5.11 Å². The van der Waals surface area contributed by atoms with Crippen molar-refractivity contribution in [3.8, 4) is 0 Å². The molecular weight excluding hydrogens is 228 g/mol. The Morgan fingerprint density at radius 3 is 2.31 bits per heavy atom. The molecule has 0 heterocycles. The molecule has 0 radical (unpaired) electrons. The maximum Gasteiger partial charge on any atom is 0.0631 e. The van der Waals surface area contributed by atoms with E-state index < -0.39 is 5.60 Å². The van der Waals surface area contributed by atoms with Crippen molar-refractivity contribution in [3.63, 3.8) is 0 Å². The van der Waals surface area contributed by atoms with Gasteiger partial charge in [0.25, 0.3) is 0 Å². The summed E-state index contributed by atoms with van der Waals surface area (Å²) >= 11 is 3.41. The number of aliphatic hydroxyl groups is 1. The quantitative estimate of drug-likeness (QED) is 0.801. The molecule has 0 saturated heterocycles. The number of halogens is 1. The monoisotopic (exact) mass is 240 g/mol. The Balaban J connectivity index is 2.08. The van der Waals surface area contributed by atoms with Crippen LogP contribution in [0.15, 0.2) is 28.7 Å². The van der Waals surface area contributed by atoms with Gasteiger partial charge in [-0.05, 0) is 43.4 Å². The highest BCUT2D eigenvalue weighted by Gasteiger charge is 2.38. The molecular formula is C11H13BrO. The number of rotatable bonds is 1. The Kier molecular flexibility index (Phi) is 2.20. The van der Waals surface area contributed by atoms with E-state index in [0.717, 1.165) is 17.3 Å². The van der Waals surface area contributed by atoms with Gasteiger partial charge in [0.2, 0.25) is 0 Å². The molecule has 1 saturated carbocycles. The van der Waals surface area contributed by atoms with Crippen LogP contribution in [0.4, 0.5) is 0 Å². The van der Waals surface area contributed by atoms with E-state index in [0.29, 0.717) is 5.92 Å². The molecule has 1 nitrogen and oxygen atoms in total. The Bertz CT molecular complexity index is 294. The van der Waals surface area contributed by atoms with Gasteiger partial charge >= 0.3 is 0 Å². The van der Waals surface area contributed by atoms with E-state index in [1.165, 1.54) is 5.56 Å². The molecule has 13 heavy (non-hydrogen) atoms. The van der Waals surface area contributed by atoms with Crippen molar-refractivity contribution in [1.29, 1.82) is 0 Å². The third kappa shape index (κ3) is 1.94. The zero-order valence-electron chi connectivity index (χ0n) is 7.63. The largest absolute Gasteiger partial charge is 0.390 e. The maximum atomic E-state index is 9.59. The molecule has 1 aromatic rings. The van der Waals surface area contributed by atoms with Crippen molar-refractivity contribution in [2.45, 2.75) is 31.3 Å². The summed E-state index contributed by atoms with van der Waals surface area (Å²) in [6.45, 7) is 1.91. The summed E-state index contributed by atoms with van der Waals surface area (Å²) in [5.74, 6) is 0.558. The fraction of sp³-hybridized carbons (Fsp3) is 0.455. The second-order valence-corrected chi connectivity index (χ2v) is 5.07. The van der Waals surface area contributed by atoms with Crippen LogP contribution < -0.4 is 0 Å². The third-order valence-electron chi connectivity index (χ3n) is 2.71. The molecule has 0 unspecified atom stereocenters. The Morgan fingerprint density at radius 2 is 1.85 bits per heavy atom. The predicted octanol–water partition coefficient (Wildman–Crippen LogP) is 3.08. The van der Waals surface area contributed by atoms with Crippen LogP contribution in [0.25, 0.3) is 0 Å². The highest BCUT2D eigenvalue weighted by molar-refractivity contribution is 9.10. The molecule has 1 aliphatic carbocycles. The van der Waals surface area contributed by atoms with Gasteiger partial charge in [0.1, 0.15) is 0 Å². The third-order valence-corrected chi connectivity index (χ3v) is 3.24. The van der Waals surface area contributed by atoms with Gasteiger partial charge in [0, 0.05) is 4.47 Å². The summed E-state index contributed by atoms with van der Waals surface area (Å²) in [5, 5.41) is 9.59. The Labute approximate surface area is 86.9 Å². The highest BCUT2D eigenvalue weighted by atomic mass is 79.9. The van der Waals surface area contributed by atoms with Gasteiger partial charge in [-0.15, -0.1) is 0 Å². The zero-order valence-corrected chi connectivity index (χ0v) is 9.21. The first-order valence-corrected chi connectivity index (χ1v) is 5.34. The molecule has 1 aromatic carbocycles. The summed E-state index contributed by atoms with van der Waals surface area (Å²) in [6, 6.07) is 8.37. The second kappa shape index (κ2) is 3.10. The fourth-order valence-electron chi connectivity index (χ4n) is 1.97. The van der Waals surface area contributed by atoms with Crippen molar-refractivity contribution in [2.75, 3.05) is 0 Å². The van der Waals surface area contributed by atoms with Crippen molar-refractivity contribution in [2.24, 2.45) is 0 Å². The molecule has 0 aliphatic heterocycles. The van der Waals surface area contributed by atoms with E-state index in [2.05, 4.69) is 40.2 Å². The minimum Gasteiger partial charge on any atom is -0.390 e. The minimum absolute atomic E-state index is 0.419. The lowest BCUT2D eigenvalue weighted by Crippen LogP contribution is -2.39. The zero-order chi connectivity index (χ0) is 9.47. The van der Waals surface area contributed by atoms with Gasteiger partial charge in [-0.3, -0.25) is 0 Å². The molecule has 1 aliphatic rings. The Morgan fingerprint density at radius 1 is 1.31 bits per heavy atom. The van der Waals surface area contributed by atoms with E-state index >= 15 is 0 Å². The maximum absolute atomic E-state index is 9.59. The summed E-state index contributed by atoms with van der Waals surface area (Å²) in [4.78, 5) is 0. The standard InChI is InChI=1S/C11H13BrO/c1-11(13)6-9(7-11)8-2-4-10(12)5-3-8/h2-5,9,13H,6-7H2,1H3/t9-,11+. The summed E-state index contributed by atoms with van der Waals surface area (Å²) < 4.78 is 1.11. The van der Waals surface area contributed by atoms with Crippen LogP contribution >= 0.6 is 15.9 Å². The van der Waals surface area contributed by atoms with Gasteiger partial charge in [-0.2, -0.15) is 0 Å². The lowest BCUT2D eigenvalue weighted by atomic mass is 9.69. The van der Waals surface area contributed by atoms with Crippen LogP contribution in [0, 0.1) is 0 Å². The minimum atomic E-state index is -0.419. The van der Waals surface area contributed by atoms with Crippen molar-refractivity contribution >= 4 is 15.9 Å². The fourth-order valence-corrected chi connectivity index (χ4v) is 2.24. The first-order chi connectivity index (χ1) is 6.07. The van der Waals surface area contributed by atoms with Crippen molar-refractivity contribution in [3.05, 3.63) is 34.3 Å². The second-order valence-electron chi connectivity index (χ2n) is 4.15. The van der Waals surface area contributed by atoms with Crippen molar-refractivity contribution in [1.82, 2.24) is 0 Å². The van der Waals surface area contributed by atoms with Crippen molar-refractivity contribution < 1.29 is 5.11 Å². The lowest BCUT2D eigenvalue weighted by Gasteiger charge is -2.41. The lowest BCUT2D eigenvalue weighted by molar-refractivity contribution is -0.0313. The van der Waals surface area contributed by atoms with E-state index in [1.54, 1.807) is 0 Å². The SMILES string of the molecule is C[C@]1(O)C[C@@H](c2ccc(Br)cc2)C1. The van der Waals surface area contributed by atoms with Gasteiger partial charge in [0.15, 0.2) is 0 Å². The molecule has 0 atom stereocenters. The number of hydrogen-bond acceptors (Lipinski definition) is 1. The summed E-state index contributed by atoms with van der Waals surface area (Å²) in [7, 11) is 0. The smallest absolute Gasteiger partial charge is 0.0631 e. The normalized spacial score (nSPS) is 32.7. The highest BCUT2D eigenvalue weighted by Crippen LogP contribution is 2.44. The summed E-state index contributed by atoms with van der Waals surface area (Å²) in [5.41, 5.74) is 0.923. The van der Waals surface area contributed by atoms with Crippen LogP contribution in [-0.4, -0.2) is 10.7 Å². The van der Waals surface area contributed by atoms with Crippen LogP contribution in [0.2, 0.25) is 0 Å². The topological polar surface area (TPSA) is 20.2 Å². The van der Waals surface area contributed by atoms with E-state index in [-0.39, 0.29) is 0 Å². The molecule has 0 spiro atoms. The van der Waals surface area contributed by atoms with Gasteiger partial charge in [0.05, 0.1) is 5.60 Å². The van der Waals surface area contributed by atoms with Crippen LogP contribution in [0.1, 0.15) is 31.2 Å². The van der Waals surface area contributed by atoms with Crippen LogP contribution in [-0.2, 0) is 0 Å². The average molecular weight is 241 g/mol. The molecule has 0 amide bonds. The number of hydrogen-bond donors (Lipinski definition) is 1. The van der Waals surface area contributed by atoms with Crippen LogP contribution in [0.5, 0.6) is 0 Å². The van der Waals surface area contributed by atoms with Gasteiger partial charge in [-0.1, -0.05) is 28.1 Å². The molecule has 0 aromatic heterocycles. The van der Waals surface area contributed by atoms with Crippen LogP contribution in [0.3, 0.4) is 0 Å². The predicted molar refractivity (Wildman–Crippen MR) is 56.7 cm³/mol. The average Bonchev–Trinajstić information content (AvgIpc) is 2.01. The molecule has 2 rings (SSSR count). The molecule has 0 bridgehead atoms. The molecule has 1 fully saturated rings. The first kappa shape index (κ1) is 9.22. The van der Waals surface area contributed by atoms with Gasteiger partial charge in [-0.25, -0.2) is 0 Å². The van der Waals surface area contributed by atoms with E-state index in [4.69, 9.17) is 0 Å². The summed E-state index contributed by atoms with van der Waals surface area (Å²) in [6.07, 6.45) is 1.79.